The second-order valence-corrected chi connectivity index (χ2v) is 5.51. The lowest BCUT2D eigenvalue weighted by atomic mass is 9.81. The molecule has 0 saturated carbocycles. The van der Waals surface area contributed by atoms with Gasteiger partial charge in [-0.3, -0.25) is 9.69 Å². The number of piperidine rings is 3. The number of ketones is 1. The molecule has 0 N–H and O–H groups in total. The fourth-order valence-electron chi connectivity index (χ4n) is 3.29. The average molecular weight is 247 g/mol. The van der Waals surface area contributed by atoms with Gasteiger partial charge in [-0.1, -0.05) is 12.1 Å². The Bertz CT molecular complexity index is 452. The second kappa shape index (κ2) is 4.81. The Morgan fingerprint density at radius 2 is 2.11 bits per heavy atom. The first kappa shape index (κ1) is 11.8. The van der Waals surface area contributed by atoms with Gasteiger partial charge < -0.3 is 0 Å². The molecule has 1 unspecified atom stereocenters. The van der Waals surface area contributed by atoms with E-state index >= 15 is 0 Å². The van der Waals surface area contributed by atoms with Gasteiger partial charge >= 0.3 is 0 Å². The highest BCUT2D eigenvalue weighted by molar-refractivity contribution is 5.96. The largest absolute Gasteiger partial charge is 0.300 e. The molecule has 1 aromatic carbocycles. The summed E-state index contributed by atoms with van der Waals surface area (Å²) < 4.78 is 13.1. The summed E-state index contributed by atoms with van der Waals surface area (Å²) in [5.74, 6) is 0.554. The molecule has 0 spiro atoms. The third kappa shape index (κ3) is 2.32. The van der Waals surface area contributed by atoms with Crippen LogP contribution in [0.3, 0.4) is 0 Å². The molecule has 3 aliphatic heterocycles. The number of Topliss-reactive ketones (excluding diaryl/α,β-unsaturated/α-hetero) is 1. The molecule has 0 aromatic heterocycles. The molecular formula is C15H18FNO. The van der Waals surface area contributed by atoms with Crippen LogP contribution in [0.15, 0.2) is 24.3 Å². The summed E-state index contributed by atoms with van der Waals surface area (Å²) >= 11 is 0. The van der Waals surface area contributed by atoms with Crippen molar-refractivity contribution in [2.24, 2.45) is 5.92 Å². The fourth-order valence-corrected chi connectivity index (χ4v) is 3.29. The minimum atomic E-state index is -0.327. The number of hydrogen-bond acceptors (Lipinski definition) is 2. The van der Waals surface area contributed by atoms with Gasteiger partial charge in [0.2, 0.25) is 0 Å². The highest BCUT2D eigenvalue weighted by atomic mass is 19.1. The first-order valence-electron chi connectivity index (χ1n) is 6.75. The number of rotatable bonds is 3. The normalized spacial score (nSPS) is 30.4. The van der Waals surface area contributed by atoms with Crippen LogP contribution in [0.1, 0.15) is 36.0 Å². The average Bonchev–Trinajstić information content (AvgIpc) is 2.40. The van der Waals surface area contributed by atoms with Gasteiger partial charge in [0.05, 0.1) is 0 Å². The van der Waals surface area contributed by atoms with E-state index in [1.165, 1.54) is 25.0 Å². The number of nitrogens with zero attached hydrogens (tertiary/aromatic N) is 1. The number of hydrogen-bond donors (Lipinski definition) is 0. The van der Waals surface area contributed by atoms with Gasteiger partial charge in [0.25, 0.3) is 0 Å². The third-order valence-corrected chi connectivity index (χ3v) is 4.34. The molecule has 0 aliphatic carbocycles. The molecule has 3 heterocycles. The van der Waals surface area contributed by atoms with Gasteiger partial charge in [0.1, 0.15) is 5.82 Å². The van der Waals surface area contributed by atoms with Crippen molar-refractivity contribution in [3.8, 4) is 0 Å². The Labute approximate surface area is 107 Å². The van der Waals surface area contributed by atoms with E-state index in [-0.39, 0.29) is 11.6 Å². The minimum absolute atomic E-state index is 0.0760. The fraction of sp³-hybridized carbons (Fsp3) is 0.533. The van der Waals surface area contributed by atoms with Crippen LogP contribution in [0.4, 0.5) is 4.39 Å². The molecule has 0 amide bonds. The van der Waals surface area contributed by atoms with Crippen molar-refractivity contribution in [1.29, 1.82) is 0 Å². The van der Waals surface area contributed by atoms with E-state index in [9.17, 15) is 9.18 Å². The third-order valence-electron chi connectivity index (χ3n) is 4.34. The maximum Gasteiger partial charge on any atom is 0.164 e. The highest BCUT2D eigenvalue weighted by Gasteiger charge is 2.34. The van der Waals surface area contributed by atoms with E-state index in [4.69, 9.17) is 0 Å². The summed E-state index contributed by atoms with van der Waals surface area (Å²) in [4.78, 5) is 14.6. The zero-order valence-electron chi connectivity index (χ0n) is 10.4. The van der Waals surface area contributed by atoms with Gasteiger partial charge in [-0.15, -0.1) is 0 Å². The van der Waals surface area contributed by atoms with E-state index < -0.39 is 0 Å². The Kier molecular flexibility index (Phi) is 3.16. The SMILES string of the molecule is O=C(CC1CC2CCN1CC2)c1cccc(F)c1. The summed E-state index contributed by atoms with van der Waals surface area (Å²) in [5, 5.41) is 0. The van der Waals surface area contributed by atoms with E-state index in [2.05, 4.69) is 4.90 Å². The Hall–Kier alpha value is -1.22. The summed E-state index contributed by atoms with van der Waals surface area (Å²) in [7, 11) is 0. The van der Waals surface area contributed by atoms with Gasteiger partial charge in [-0.2, -0.15) is 0 Å². The number of carbonyl (C=O) groups excluding carboxylic acids is 1. The van der Waals surface area contributed by atoms with Crippen molar-refractivity contribution in [3.05, 3.63) is 35.6 Å². The molecule has 2 nitrogen and oxygen atoms in total. The molecule has 3 saturated heterocycles. The lowest BCUT2D eigenvalue weighted by Crippen LogP contribution is -2.49. The molecule has 3 heteroatoms. The zero-order valence-corrected chi connectivity index (χ0v) is 10.4. The monoisotopic (exact) mass is 247 g/mol. The predicted octanol–water partition coefficient (Wildman–Crippen LogP) is 2.88. The van der Waals surface area contributed by atoms with Crippen LogP contribution >= 0.6 is 0 Å². The van der Waals surface area contributed by atoms with Crippen LogP contribution in [0, 0.1) is 11.7 Å². The van der Waals surface area contributed by atoms with E-state index in [0.717, 1.165) is 25.4 Å². The van der Waals surface area contributed by atoms with Gasteiger partial charge in [0, 0.05) is 18.0 Å². The van der Waals surface area contributed by atoms with Crippen molar-refractivity contribution in [1.82, 2.24) is 4.90 Å². The number of halogens is 1. The van der Waals surface area contributed by atoms with E-state index in [1.54, 1.807) is 12.1 Å². The van der Waals surface area contributed by atoms with Crippen LogP contribution in [-0.4, -0.2) is 29.8 Å². The summed E-state index contributed by atoms with van der Waals surface area (Å²) in [6.07, 6.45) is 4.25. The number of carbonyl (C=O) groups is 1. The maximum atomic E-state index is 13.1. The molecular weight excluding hydrogens is 229 g/mol. The van der Waals surface area contributed by atoms with Crippen LogP contribution in [-0.2, 0) is 0 Å². The van der Waals surface area contributed by atoms with Crippen molar-refractivity contribution in [2.75, 3.05) is 13.1 Å². The molecule has 2 bridgehead atoms. The molecule has 96 valence electrons. The Morgan fingerprint density at radius 3 is 2.72 bits per heavy atom. The quantitative estimate of drug-likeness (QED) is 0.765. The maximum absolute atomic E-state index is 13.1. The second-order valence-electron chi connectivity index (χ2n) is 5.51. The summed E-state index contributed by atoms with van der Waals surface area (Å²) in [6, 6.07) is 6.42. The lowest BCUT2D eigenvalue weighted by Gasteiger charge is -2.45. The lowest BCUT2D eigenvalue weighted by molar-refractivity contribution is 0.0428. The van der Waals surface area contributed by atoms with Crippen molar-refractivity contribution >= 4 is 5.78 Å². The van der Waals surface area contributed by atoms with Gasteiger partial charge in [-0.05, 0) is 50.4 Å². The number of fused-ring (bicyclic) bond motifs is 3. The topological polar surface area (TPSA) is 20.3 Å². The Balaban J connectivity index is 1.68. The van der Waals surface area contributed by atoms with E-state index in [1.807, 2.05) is 0 Å². The first-order valence-corrected chi connectivity index (χ1v) is 6.75. The van der Waals surface area contributed by atoms with Gasteiger partial charge in [-0.25, -0.2) is 4.39 Å². The summed E-state index contributed by atoms with van der Waals surface area (Å²) in [5.41, 5.74) is 0.512. The van der Waals surface area contributed by atoms with E-state index in [0.29, 0.717) is 18.0 Å². The molecule has 18 heavy (non-hydrogen) atoms. The van der Waals surface area contributed by atoms with Crippen LogP contribution in [0.5, 0.6) is 0 Å². The zero-order chi connectivity index (χ0) is 12.5. The van der Waals surface area contributed by atoms with Crippen LogP contribution in [0.2, 0.25) is 0 Å². The standard InChI is InChI=1S/C15H18FNO/c16-13-3-1-2-12(9-13)15(18)10-14-8-11-4-6-17(14)7-5-11/h1-3,9,11,14H,4-8,10H2. The highest BCUT2D eigenvalue weighted by Crippen LogP contribution is 2.33. The Morgan fingerprint density at radius 1 is 1.33 bits per heavy atom. The van der Waals surface area contributed by atoms with Gasteiger partial charge in [0.15, 0.2) is 5.78 Å². The first-order chi connectivity index (χ1) is 8.72. The summed E-state index contributed by atoms with van der Waals surface area (Å²) in [6.45, 7) is 2.26. The molecule has 1 atom stereocenters. The molecule has 0 radical (unpaired) electrons. The van der Waals surface area contributed by atoms with Crippen LogP contribution < -0.4 is 0 Å². The molecule has 3 fully saturated rings. The molecule has 3 aliphatic rings. The minimum Gasteiger partial charge on any atom is -0.300 e. The van der Waals surface area contributed by atoms with Crippen molar-refractivity contribution in [3.63, 3.8) is 0 Å². The smallest absolute Gasteiger partial charge is 0.164 e. The van der Waals surface area contributed by atoms with Crippen molar-refractivity contribution in [2.45, 2.75) is 31.7 Å². The molecule has 4 rings (SSSR count). The molecule has 1 aromatic rings. The number of benzene rings is 1. The van der Waals surface area contributed by atoms with Crippen molar-refractivity contribution < 1.29 is 9.18 Å². The predicted molar refractivity (Wildman–Crippen MR) is 68.0 cm³/mol. The van der Waals surface area contributed by atoms with Crippen LogP contribution in [0.25, 0.3) is 0 Å².